The van der Waals surface area contributed by atoms with Crippen molar-refractivity contribution in [1.29, 1.82) is 0 Å². The average molecular weight is 315 g/mol. The van der Waals surface area contributed by atoms with Crippen LogP contribution in [-0.4, -0.2) is 24.7 Å². The second-order valence-corrected chi connectivity index (χ2v) is 6.45. The molecule has 0 spiro atoms. The number of nitrogen functional groups attached to an aromatic ring is 1. The molecular formula is C12H15ClN4O2S. The highest BCUT2D eigenvalue weighted by Gasteiger charge is 2.18. The van der Waals surface area contributed by atoms with Crippen LogP contribution >= 0.6 is 11.6 Å². The van der Waals surface area contributed by atoms with Gasteiger partial charge in [-0.2, -0.15) is 5.10 Å². The summed E-state index contributed by atoms with van der Waals surface area (Å²) < 4.78 is 28.4. The lowest BCUT2D eigenvalue weighted by atomic mass is 10.2. The molecule has 3 N–H and O–H groups in total. The Morgan fingerprint density at radius 2 is 2.20 bits per heavy atom. The van der Waals surface area contributed by atoms with E-state index in [4.69, 9.17) is 17.3 Å². The number of benzene rings is 1. The summed E-state index contributed by atoms with van der Waals surface area (Å²) in [5.41, 5.74) is 6.86. The Morgan fingerprint density at radius 1 is 1.45 bits per heavy atom. The lowest BCUT2D eigenvalue weighted by molar-refractivity contribution is 0.561. The number of aryl methyl sites for hydroxylation is 1. The maximum atomic E-state index is 12.2. The number of anilines is 1. The van der Waals surface area contributed by atoms with Gasteiger partial charge in [-0.05, 0) is 30.7 Å². The third kappa shape index (κ3) is 3.30. The van der Waals surface area contributed by atoms with Crippen LogP contribution in [0.5, 0.6) is 0 Å². The Bertz CT molecular complexity index is 698. The molecule has 1 aromatic heterocycles. The van der Waals surface area contributed by atoms with Crippen LogP contribution in [0.15, 0.2) is 35.5 Å². The Hall–Kier alpha value is -1.57. The van der Waals surface area contributed by atoms with Crippen LogP contribution in [0.1, 0.15) is 5.56 Å². The second kappa shape index (κ2) is 5.82. The molecule has 0 aliphatic heterocycles. The number of aromatic nitrogens is 2. The number of nitrogens with two attached hydrogens (primary N) is 1. The Morgan fingerprint density at radius 3 is 2.85 bits per heavy atom. The molecule has 1 heterocycles. The smallest absolute Gasteiger partial charge is 0.242 e. The van der Waals surface area contributed by atoms with E-state index in [1.54, 1.807) is 36.1 Å². The zero-order valence-electron chi connectivity index (χ0n) is 10.9. The van der Waals surface area contributed by atoms with E-state index in [2.05, 4.69) is 9.82 Å². The third-order valence-corrected chi connectivity index (χ3v) is 4.73. The predicted molar refractivity (Wildman–Crippen MR) is 78.0 cm³/mol. The fraction of sp³-hybridized carbons (Fsp3) is 0.250. The van der Waals surface area contributed by atoms with E-state index in [0.29, 0.717) is 12.2 Å². The molecule has 6 nitrogen and oxygen atoms in total. The van der Waals surface area contributed by atoms with Gasteiger partial charge in [-0.1, -0.05) is 11.6 Å². The molecule has 0 saturated heterocycles. The Balaban J connectivity index is 2.12. The quantitative estimate of drug-likeness (QED) is 0.816. The van der Waals surface area contributed by atoms with Gasteiger partial charge >= 0.3 is 0 Å². The minimum Gasteiger partial charge on any atom is -0.398 e. The summed E-state index contributed by atoms with van der Waals surface area (Å²) in [7, 11) is -3.69. The van der Waals surface area contributed by atoms with E-state index >= 15 is 0 Å². The van der Waals surface area contributed by atoms with Crippen LogP contribution in [0.2, 0.25) is 5.02 Å². The summed E-state index contributed by atoms with van der Waals surface area (Å²) >= 11 is 5.97. The van der Waals surface area contributed by atoms with Gasteiger partial charge in [0.1, 0.15) is 4.90 Å². The molecule has 20 heavy (non-hydrogen) atoms. The lowest BCUT2D eigenvalue weighted by Gasteiger charge is -2.10. The predicted octanol–water partition coefficient (Wildman–Crippen LogP) is 1.41. The van der Waals surface area contributed by atoms with E-state index in [1.807, 2.05) is 0 Å². The van der Waals surface area contributed by atoms with Crippen LogP contribution in [0.4, 0.5) is 5.69 Å². The number of nitrogens with zero attached hydrogens (tertiary/aromatic N) is 2. The highest BCUT2D eigenvalue weighted by atomic mass is 35.5. The molecule has 1 aromatic carbocycles. The van der Waals surface area contributed by atoms with E-state index in [0.717, 1.165) is 5.56 Å². The standard InChI is InChI=1S/C12H15ClN4O2S/c1-9-7-10(13)12(8-11(9)14)20(18,19)16-4-6-17-5-2-3-15-17/h2-3,5,7-8,16H,4,6,14H2,1H3. The molecule has 2 aromatic rings. The van der Waals surface area contributed by atoms with E-state index in [9.17, 15) is 8.42 Å². The molecule has 0 atom stereocenters. The van der Waals surface area contributed by atoms with Gasteiger partial charge in [-0.15, -0.1) is 0 Å². The van der Waals surface area contributed by atoms with Gasteiger partial charge in [0.15, 0.2) is 0 Å². The fourth-order valence-corrected chi connectivity index (χ4v) is 3.32. The summed E-state index contributed by atoms with van der Waals surface area (Å²) in [5.74, 6) is 0. The number of hydrogen-bond donors (Lipinski definition) is 2. The fourth-order valence-electron chi connectivity index (χ4n) is 1.68. The molecule has 0 aliphatic carbocycles. The van der Waals surface area contributed by atoms with Crippen LogP contribution in [-0.2, 0) is 16.6 Å². The number of hydrogen-bond acceptors (Lipinski definition) is 4. The highest BCUT2D eigenvalue weighted by molar-refractivity contribution is 7.89. The van der Waals surface area contributed by atoms with Gasteiger partial charge in [0.05, 0.1) is 11.6 Å². The van der Waals surface area contributed by atoms with Crippen LogP contribution in [0, 0.1) is 6.92 Å². The van der Waals surface area contributed by atoms with Gasteiger partial charge in [-0.25, -0.2) is 13.1 Å². The molecule has 108 valence electrons. The molecule has 0 fully saturated rings. The Labute approximate surface area is 122 Å². The summed E-state index contributed by atoms with van der Waals surface area (Å²) in [5, 5.41) is 4.14. The topological polar surface area (TPSA) is 90.0 Å². The van der Waals surface area contributed by atoms with Crippen molar-refractivity contribution < 1.29 is 8.42 Å². The van der Waals surface area contributed by atoms with Crippen molar-refractivity contribution in [3.8, 4) is 0 Å². The average Bonchev–Trinajstić information content (AvgIpc) is 2.86. The van der Waals surface area contributed by atoms with Gasteiger partial charge in [0.25, 0.3) is 0 Å². The zero-order valence-corrected chi connectivity index (χ0v) is 12.4. The minimum atomic E-state index is -3.69. The first-order chi connectivity index (χ1) is 9.40. The van der Waals surface area contributed by atoms with Gasteiger partial charge < -0.3 is 5.73 Å². The molecular weight excluding hydrogens is 300 g/mol. The minimum absolute atomic E-state index is 0.0114. The van der Waals surface area contributed by atoms with Gasteiger partial charge in [0, 0.05) is 24.6 Å². The summed E-state index contributed by atoms with van der Waals surface area (Å²) in [6.07, 6.45) is 3.39. The maximum absolute atomic E-state index is 12.2. The maximum Gasteiger partial charge on any atom is 0.242 e. The number of sulfonamides is 1. The van der Waals surface area contributed by atoms with Crippen molar-refractivity contribution in [2.75, 3.05) is 12.3 Å². The van der Waals surface area contributed by atoms with Crippen molar-refractivity contribution >= 4 is 27.3 Å². The molecule has 0 unspecified atom stereocenters. The van der Waals surface area contributed by atoms with Crippen molar-refractivity contribution in [3.63, 3.8) is 0 Å². The van der Waals surface area contributed by atoms with E-state index in [1.165, 1.54) is 6.07 Å². The molecule has 8 heteroatoms. The molecule has 0 aliphatic rings. The van der Waals surface area contributed by atoms with Crippen molar-refractivity contribution in [1.82, 2.24) is 14.5 Å². The number of halogens is 1. The largest absolute Gasteiger partial charge is 0.398 e. The monoisotopic (exact) mass is 314 g/mol. The summed E-state index contributed by atoms with van der Waals surface area (Å²) in [6, 6.07) is 4.68. The third-order valence-electron chi connectivity index (χ3n) is 2.80. The molecule has 2 rings (SSSR count). The number of nitrogens with one attached hydrogen (secondary N) is 1. The van der Waals surface area contributed by atoms with Crippen molar-refractivity contribution in [3.05, 3.63) is 41.2 Å². The SMILES string of the molecule is Cc1cc(Cl)c(S(=O)(=O)NCCn2cccn2)cc1N. The lowest BCUT2D eigenvalue weighted by Crippen LogP contribution is -2.28. The second-order valence-electron chi connectivity index (χ2n) is 4.31. The van der Waals surface area contributed by atoms with Crippen molar-refractivity contribution in [2.24, 2.45) is 0 Å². The molecule has 0 amide bonds. The van der Waals surface area contributed by atoms with Crippen LogP contribution in [0.3, 0.4) is 0 Å². The highest BCUT2D eigenvalue weighted by Crippen LogP contribution is 2.26. The summed E-state index contributed by atoms with van der Waals surface area (Å²) in [6.45, 7) is 2.42. The van der Waals surface area contributed by atoms with E-state index < -0.39 is 10.0 Å². The first-order valence-electron chi connectivity index (χ1n) is 5.93. The molecule has 0 saturated carbocycles. The normalized spacial score (nSPS) is 11.7. The molecule has 0 radical (unpaired) electrons. The van der Waals surface area contributed by atoms with Gasteiger partial charge in [0.2, 0.25) is 10.0 Å². The first-order valence-corrected chi connectivity index (χ1v) is 7.79. The van der Waals surface area contributed by atoms with E-state index in [-0.39, 0.29) is 16.5 Å². The van der Waals surface area contributed by atoms with Gasteiger partial charge in [-0.3, -0.25) is 4.68 Å². The summed E-state index contributed by atoms with van der Waals surface area (Å²) in [4.78, 5) is -0.0114. The van der Waals surface area contributed by atoms with Crippen molar-refractivity contribution in [2.45, 2.75) is 18.4 Å². The number of rotatable bonds is 5. The molecule has 0 bridgehead atoms. The Kier molecular flexibility index (Phi) is 4.32. The van der Waals surface area contributed by atoms with Crippen LogP contribution < -0.4 is 10.5 Å². The first kappa shape index (κ1) is 14.8. The zero-order chi connectivity index (χ0) is 14.8. The van der Waals surface area contributed by atoms with Crippen LogP contribution in [0.25, 0.3) is 0 Å².